The smallest absolute Gasteiger partial charge is 0.340 e. The normalized spacial score (nSPS) is 41.3. The van der Waals surface area contributed by atoms with Crippen LogP contribution in [-0.2, 0) is 4.74 Å². The van der Waals surface area contributed by atoms with Crippen molar-refractivity contribution < 1.29 is 31.1 Å². The highest BCUT2D eigenvalue weighted by molar-refractivity contribution is 5.01. The summed E-state index contributed by atoms with van der Waals surface area (Å²) in [5.41, 5.74) is 10.6. The molecule has 0 aromatic carbocycles. The van der Waals surface area contributed by atoms with Crippen LogP contribution in [0.25, 0.3) is 0 Å². The number of ether oxygens (including phenoxy) is 1. The Bertz CT molecular complexity index is 586. The minimum absolute atomic E-state index is 0.0909. The Labute approximate surface area is 172 Å². The molecule has 0 aromatic rings. The van der Waals surface area contributed by atoms with Crippen molar-refractivity contribution in [1.82, 2.24) is 21.5 Å². The zero-order valence-corrected chi connectivity index (χ0v) is 17.0. The molecule has 0 aliphatic carbocycles. The van der Waals surface area contributed by atoms with Crippen LogP contribution in [0.4, 0.5) is 26.3 Å². The first-order chi connectivity index (χ1) is 13.8. The van der Waals surface area contributed by atoms with E-state index in [0.29, 0.717) is 25.7 Å². The van der Waals surface area contributed by atoms with Gasteiger partial charge in [0.1, 0.15) is 12.5 Å². The first-order valence-electron chi connectivity index (χ1n) is 10.4. The monoisotopic (exact) mass is 447 g/mol. The van der Waals surface area contributed by atoms with Gasteiger partial charge in [0.25, 0.3) is 0 Å². The van der Waals surface area contributed by atoms with Crippen molar-refractivity contribution in [2.75, 3.05) is 0 Å². The molecule has 6 unspecified atom stereocenters. The Morgan fingerprint density at radius 2 is 1.53 bits per heavy atom. The Balaban J connectivity index is 1.86. The second-order valence-corrected chi connectivity index (χ2v) is 9.26. The largest absolute Gasteiger partial charge is 0.395 e. The van der Waals surface area contributed by atoms with Gasteiger partial charge >= 0.3 is 12.4 Å². The molecule has 12 heteroatoms. The van der Waals surface area contributed by atoms with Crippen LogP contribution < -0.4 is 27.2 Å². The van der Waals surface area contributed by atoms with Crippen LogP contribution in [0.3, 0.4) is 0 Å². The van der Waals surface area contributed by atoms with Crippen molar-refractivity contribution in [3.05, 3.63) is 0 Å². The molecule has 3 fully saturated rings. The van der Waals surface area contributed by atoms with Crippen LogP contribution in [0.1, 0.15) is 52.4 Å². The topological polar surface area (TPSA) is 83.4 Å². The average Bonchev–Trinajstić information content (AvgIpc) is 3.05. The molecule has 0 saturated carbocycles. The van der Waals surface area contributed by atoms with Gasteiger partial charge in [-0.1, -0.05) is 19.3 Å². The van der Waals surface area contributed by atoms with Crippen molar-refractivity contribution in [3.8, 4) is 0 Å². The number of nitrogens with two attached hydrogens (primary N) is 1. The number of hydrazine groups is 1. The lowest BCUT2D eigenvalue weighted by Crippen LogP contribution is -2.71. The fraction of sp³-hybridized carbons (Fsp3) is 1.00. The van der Waals surface area contributed by atoms with Gasteiger partial charge in [-0.15, -0.1) is 0 Å². The first-order valence-corrected chi connectivity index (χ1v) is 10.4. The number of hydrogen-bond donors (Lipinski definition) is 5. The molecule has 30 heavy (non-hydrogen) atoms. The number of piperidine rings is 1. The minimum Gasteiger partial charge on any atom is -0.340 e. The molecule has 6 nitrogen and oxygen atoms in total. The Morgan fingerprint density at radius 3 is 2.17 bits per heavy atom. The summed E-state index contributed by atoms with van der Waals surface area (Å²) < 4.78 is 87.4. The van der Waals surface area contributed by atoms with E-state index < -0.39 is 60.4 Å². The number of nitrogens with one attached hydrogen (secondary N) is 4. The summed E-state index contributed by atoms with van der Waals surface area (Å²) in [6.07, 6.45) is -10.8. The third kappa shape index (κ3) is 5.57. The lowest BCUT2D eigenvalue weighted by atomic mass is 9.84. The van der Waals surface area contributed by atoms with Crippen LogP contribution in [0, 0.1) is 11.8 Å². The van der Waals surface area contributed by atoms with Gasteiger partial charge in [0.15, 0.2) is 0 Å². The zero-order chi connectivity index (χ0) is 22.3. The molecule has 6 N–H and O–H groups in total. The number of hydrogen-bond acceptors (Lipinski definition) is 6. The molecule has 3 aliphatic rings. The summed E-state index contributed by atoms with van der Waals surface area (Å²) in [6, 6.07) is -1.75. The van der Waals surface area contributed by atoms with Gasteiger partial charge in [0.2, 0.25) is 0 Å². The third-order valence-electron chi connectivity index (χ3n) is 6.32. The van der Waals surface area contributed by atoms with Crippen LogP contribution in [0.2, 0.25) is 0 Å². The highest BCUT2D eigenvalue weighted by atomic mass is 19.4. The van der Waals surface area contributed by atoms with Crippen molar-refractivity contribution in [2.45, 2.75) is 101 Å². The Kier molecular flexibility index (Phi) is 6.96. The molecule has 4 bridgehead atoms. The average molecular weight is 447 g/mol. The standard InChI is InChI=1S/C18H31F6N5O/c1-16(2)7-5-3-4-6-9(17(19,20)21)14-28-29-15(30-14)12-11(25)8-10(18(22,23)24)13(26-12)27-16/h9-15,26-29H,3-8,25H2,1-2H3/t9-,10?,11?,12?,13?,14?,15?/m0/s1. The number of alkyl halides is 6. The van der Waals surface area contributed by atoms with Gasteiger partial charge in [0.05, 0.1) is 24.0 Å². The second-order valence-electron chi connectivity index (χ2n) is 9.26. The zero-order valence-electron chi connectivity index (χ0n) is 17.0. The summed E-state index contributed by atoms with van der Waals surface area (Å²) in [5, 5.41) is 5.96. The van der Waals surface area contributed by atoms with E-state index >= 15 is 0 Å². The molecule has 0 aromatic heterocycles. The Hall–Kier alpha value is -0.660. The molecule has 0 amide bonds. The molecule has 7 atom stereocenters. The molecular formula is C18H31F6N5O. The number of halogens is 6. The molecule has 3 aliphatic heterocycles. The van der Waals surface area contributed by atoms with Crippen molar-refractivity contribution >= 4 is 0 Å². The maximum atomic E-state index is 13.7. The molecule has 0 spiro atoms. The second kappa shape index (κ2) is 8.70. The molecule has 3 rings (SSSR count). The molecule has 3 heterocycles. The lowest BCUT2D eigenvalue weighted by molar-refractivity contribution is -0.215. The summed E-state index contributed by atoms with van der Waals surface area (Å²) >= 11 is 0. The maximum Gasteiger partial charge on any atom is 0.395 e. The van der Waals surface area contributed by atoms with Crippen LogP contribution >= 0.6 is 0 Å². The van der Waals surface area contributed by atoms with E-state index in [-0.39, 0.29) is 12.8 Å². The summed E-state index contributed by atoms with van der Waals surface area (Å²) in [4.78, 5) is 0. The van der Waals surface area contributed by atoms with Crippen molar-refractivity contribution in [2.24, 2.45) is 17.6 Å². The van der Waals surface area contributed by atoms with Gasteiger partial charge in [-0.2, -0.15) is 26.3 Å². The van der Waals surface area contributed by atoms with Crippen molar-refractivity contribution in [3.63, 3.8) is 0 Å². The number of rotatable bonds is 0. The van der Waals surface area contributed by atoms with E-state index in [1.54, 1.807) is 13.8 Å². The maximum absolute atomic E-state index is 13.7. The fourth-order valence-corrected chi connectivity index (χ4v) is 4.65. The van der Waals surface area contributed by atoms with E-state index in [2.05, 4.69) is 21.5 Å². The summed E-state index contributed by atoms with van der Waals surface area (Å²) in [5.74, 6) is -3.44. The predicted octanol–water partition coefficient (Wildman–Crippen LogP) is 2.47. The highest BCUT2D eigenvalue weighted by Crippen LogP contribution is 2.38. The molecule has 0 radical (unpaired) electrons. The minimum atomic E-state index is -4.47. The third-order valence-corrected chi connectivity index (χ3v) is 6.32. The number of fused-ring (bicyclic) bond motifs is 5. The fourth-order valence-electron chi connectivity index (χ4n) is 4.65. The SMILES string of the molecule is CC1(C)CCCCC[C@H](C(F)(F)F)C2NNC(O2)C2NC(N1)C(C(F)(F)F)CC2N. The van der Waals surface area contributed by atoms with E-state index in [4.69, 9.17) is 10.5 Å². The van der Waals surface area contributed by atoms with E-state index in [0.717, 1.165) is 0 Å². The van der Waals surface area contributed by atoms with E-state index in [1.165, 1.54) is 0 Å². The van der Waals surface area contributed by atoms with Gasteiger partial charge in [-0.05, 0) is 33.1 Å². The van der Waals surface area contributed by atoms with Crippen LogP contribution in [0.15, 0.2) is 0 Å². The van der Waals surface area contributed by atoms with E-state index in [9.17, 15) is 26.3 Å². The van der Waals surface area contributed by atoms with Crippen molar-refractivity contribution in [1.29, 1.82) is 0 Å². The van der Waals surface area contributed by atoms with Gasteiger partial charge in [-0.25, -0.2) is 10.9 Å². The summed E-state index contributed by atoms with van der Waals surface area (Å²) in [7, 11) is 0. The summed E-state index contributed by atoms with van der Waals surface area (Å²) in [6.45, 7) is 3.61. The molecular weight excluding hydrogens is 416 g/mol. The highest BCUT2D eigenvalue weighted by Gasteiger charge is 2.54. The molecule has 3 saturated heterocycles. The van der Waals surface area contributed by atoms with Gasteiger partial charge in [-0.3, -0.25) is 10.6 Å². The van der Waals surface area contributed by atoms with Gasteiger partial charge in [0, 0.05) is 11.6 Å². The van der Waals surface area contributed by atoms with Crippen LogP contribution in [-0.4, -0.2) is 48.6 Å². The Morgan fingerprint density at radius 1 is 0.900 bits per heavy atom. The van der Waals surface area contributed by atoms with Crippen LogP contribution in [0.5, 0.6) is 0 Å². The lowest BCUT2D eigenvalue weighted by Gasteiger charge is -2.46. The first kappa shape index (κ1) is 24.0. The quantitative estimate of drug-likeness (QED) is 0.367. The molecule has 176 valence electrons. The van der Waals surface area contributed by atoms with Gasteiger partial charge < -0.3 is 10.5 Å². The van der Waals surface area contributed by atoms with E-state index in [1.807, 2.05) is 0 Å². The predicted molar refractivity (Wildman–Crippen MR) is 97.6 cm³/mol.